The summed E-state index contributed by atoms with van der Waals surface area (Å²) >= 11 is 0. The molecule has 0 saturated carbocycles. The molecule has 7 heteroatoms. The number of rotatable bonds is 2. The maximum atomic E-state index is 12.6. The van der Waals surface area contributed by atoms with Gasteiger partial charge in [0.15, 0.2) is 0 Å². The number of nitrogens with zero attached hydrogens (tertiary/aromatic N) is 1. The zero-order chi connectivity index (χ0) is 18.0. The average Bonchev–Trinajstić information content (AvgIpc) is 2.45. The van der Waals surface area contributed by atoms with Crippen molar-refractivity contribution in [3.8, 4) is 0 Å². The molecule has 1 heterocycles. The van der Waals surface area contributed by atoms with Gasteiger partial charge in [0.1, 0.15) is 5.60 Å². The highest BCUT2D eigenvalue weighted by Gasteiger charge is 2.32. The van der Waals surface area contributed by atoms with E-state index in [4.69, 9.17) is 4.74 Å². The number of benzene rings is 1. The predicted molar refractivity (Wildman–Crippen MR) is 84.7 cm³/mol. The van der Waals surface area contributed by atoms with Gasteiger partial charge in [-0.05, 0) is 44.9 Å². The molecule has 0 aromatic heterocycles. The molecular weight excluding hydrogens is 321 g/mol. The molecule has 2 rings (SSSR count). The summed E-state index contributed by atoms with van der Waals surface area (Å²) in [6, 6.07) is 4.92. The van der Waals surface area contributed by atoms with Crippen LogP contribution in [0.4, 0.5) is 18.0 Å². The number of amides is 1. The minimum Gasteiger partial charge on any atom is -0.444 e. The first kappa shape index (κ1) is 18.6. The third-order valence-electron chi connectivity index (χ3n) is 3.73. The maximum absolute atomic E-state index is 12.6. The van der Waals surface area contributed by atoms with Crippen LogP contribution in [0.1, 0.15) is 31.9 Å². The lowest BCUT2D eigenvalue weighted by molar-refractivity contribution is -0.137. The van der Waals surface area contributed by atoms with E-state index in [0.29, 0.717) is 26.1 Å². The number of ether oxygens (including phenoxy) is 1. The van der Waals surface area contributed by atoms with Crippen LogP contribution in [0.3, 0.4) is 0 Å². The Labute approximate surface area is 140 Å². The Bertz CT molecular complexity index is 565. The van der Waals surface area contributed by atoms with E-state index >= 15 is 0 Å². The fourth-order valence-corrected chi connectivity index (χ4v) is 2.61. The molecule has 1 aromatic carbocycles. The van der Waals surface area contributed by atoms with E-state index in [9.17, 15) is 18.0 Å². The second-order valence-corrected chi connectivity index (χ2v) is 6.93. The lowest BCUT2D eigenvalue weighted by Gasteiger charge is -2.37. The van der Waals surface area contributed by atoms with Crippen molar-refractivity contribution in [2.75, 3.05) is 19.6 Å². The molecule has 1 saturated heterocycles. The first-order valence-corrected chi connectivity index (χ1v) is 7.93. The third-order valence-corrected chi connectivity index (χ3v) is 3.73. The van der Waals surface area contributed by atoms with E-state index in [0.717, 1.165) is 17.7 Å². The lowest BCUT2D eigenvalue weighted by atomic mass is 10.0. The predicted octanol–water partition coefficient (Wildman–Crippen LogP) is 3.46. The molecule has 1 amide bonds. The molecule has 1 aliphatic heterocycles. The van der Waals surface area contributed by atoms with Crippen molar-refractivity contribution in [2.45, 2.75) is 45.0 Å². The SMILES string of the molecule is CC(C)(C)OC(=O)N1CCNC[C@@H]1Cc1ccc(C(F)(F)F)cc1. The van der Waals surface area contributed by atoms with Gasteiger partial charge in [0.25, 0.3) is 0 Å². The minimum absolute atomic E-state index is 0.148. The topological polar surface area (TPSA) is 41.6 Å². The fourth-order valence-electron chi connectivity index (χ4n) is 2.61. The zero-order valence-corrected chi connectivity index (χ0v) is 14.1. The Hall–Kier alpha value is -1.76. The van der Waals surface area contributed by atoms with Crippen molar-refractivity contribution in [2.24, 2.45) is 0 Å². The molecule has 1 fully saturated rings. The highest BCUT2D eigenvalue weighted by Crippen LogP contribution is 2.29. The second-order valence-electron chi connectivity index (χ2n) is 6.93. The molecule has 1 aliphatic rings. The normalized spacial score (nSPS) is 19.2. The van der Waals surface area contributed by atoms with Crippen LogP contribution in [-0.4, -0.2) is 42.3 Å². The van der Waals surface area contributed by atoms with Crippen LogP contribution >= 0.6 is 0 Å². The first-order chi connectivity index (χ1) is 11.1. The monoisotopic (exact) mass is 344 g/mol. The van der Waals surface area contributed by atoms with Gasteiger partial charge in [-0.15, -0.1) is 0 Å². The van der Waals surface area contributed by atoms with E-state index in [1.54, 1.807) is 25.7 Å². The summed E-state index contributed by atoms with van der Waals surface area (Å²) in [5.41, 5.74) is -0.497. The maximum Gasteiger partial charge on any atom is 0.416 e. The smallest absolute Gasteiger partial charge is 0.416 e. The second kappa shape index (κ2) is 7.01. The number of hydrogen-bond acceptors (Lipinski definition) is 3. The molecule has 1 aromatic rings. The molecule has 0 spiro atoms. The van der Waals surface area contributed by atoms with E-state index in [1.165, 1.54) is 12.1 Å². The van der Waals surface area contributed by atoms with Gasteiger partial charge in [-0.2, -0.15) is 13.2 Å². The van der Waals surface area contributed by atoms with Gasteiger partial charge in [-0.25, -0.2) is 4.79 Å². The van der Waals surface area contributed by atoms with Gasteiger partial charge in [-0.3, -0.25) is 0 Å². The summed E-state index contributed by atoms with van der Waals surface area (Å²) in [7, 11) is 0. The van der Waals surface area contributed by atoms with Gasteiger partial charge in [0.2, 0.25) is 0 Å². The molecule has 1 atom stereocenters. The van der Waals surface area contributed by atoms with Crippen LogP contribution in [-0.2, 0) is 17.3 Å². The molecule has 1 N–H and O–H groups in total. The van der Waals surface area contributed by atoms with Crippen molar-refractivity contribution >= 4 is 6.09 Å². The Balaban J connectivity index is 2.07. The Morgan fingerprint density at radius 1 is 1.25 bits per heavy atom. The van der Waals surface area contributed by atoms with Crippen molar-refractivity contribution in [1.82, 2.24) is 10.2 Å². The molecule has 0 radical (unpaired) electrons. The van der Waals surface area contributed by atoms with Crippen molar-refractivity contribution in [3.63, 3.8) is 0 Å². The third kappa shape index (κ3) is 5.12. The van der Waals surface area contributed by atoms with Gasteiger partial charge >= 0.3 is 12.3 Å². The van der Waals surface area contributed by atoms with Gasteiger partial charge < -0.3 is 15.0 Å². The number of piperazine rings is 1. The first-order valence-electron chi connectivity index (χ1n) is 7.93. The number of hydrogen-bond donors (Lipinski definition) is 1. The summed E-state index contributed by atoms with van der Waals surface area (Å²) < 4.78 is 43.3. The summed E-state index contributed by atoms with van der Waals surface area (Å²) in [5.74, 6) is 0. The number of halogens is 3. The zero-order valence-electron chi connectivity index (χ0n) is 14.1. The van der Waals surface area contributed by atoms with E-state index in [-0.39, 0.29) is 12.1 Å². The number of carbonyl (C=O) groups is 1. The quantitative estimate of drug-likeness (QED) is 0.893. The Morgan fingerprint density at radius 2 is 1.88 bits per heavy atom. The highest BCUT2D eigenvalue weighted by molar-refractivity contribution is 5.68. The standard InChI is InChI=1S/C17H23F3N2O2/c1-16(2,3)24-15(23)22-9-8-21-11-14(22)10-12-4-6-13(7-5-12)17(18,19)20/h4-7,14,21H,8-11H2,1-3H3/t14-/m0/s1. The summed E-state index contributed by atoms with van der Waals surface area (Å²) in [4.78, 5) is 14.0. The largest absolute Gasteiger partial charge is 0.444 e. The van der Waals surface area contributed by atoms with E-state index in [1.807, 2.05) is 0 Å². The van der Waals surface area contributed by atoms with Crippen LogP contribution < -0.4 is 5.32 Å². The van der Waals surface area contributed by atoms with Crippen LogP contribution in [0, 0.1) is 0 Å². The number of alkyl halides is 3. The molecule has 24 heavy (non-hydrogen) atoms. The highest BCUT2D eigenvalue weighted by atomic mass is 19.4. The number of carbonyl (C=O) groups excluding carboxylic acids is 1. The van der Waals surface area contributed by atoms with Crippen LogP contribution in [0.25, 0.3) is 0 Å². The fraction of sp³-hybridized carbons (Fsp3) is 0.588. The van der Waals surface area contributed by atoms with Gasteiger partial charge in [0.05, 0.1) is 11.6 Å². The van der Waals surface area contributed by atoms with E-state index < -0.39 is 17.3 Å². The van der Waals surface area contributed by atoms with Crippen molar-refractivity contribution < 1.29 is 22.7 Å². The molecule has 4 nitrogen and oxygen atoms in total. The minimum atomic E-state index is -4.34. The van der Waals surface area contributed by atoms with Crippen LogP contribution in [0.5, 0.6) is 0 Å². The lowest BCUT2D eigenvalue weighted by Crippen LogP contribution is -2.55. The molecular formula is C17H23F3N2O2. The summed E-state index contributed by atoms with van der Waals surface area (Å²) in [6.07, 6.45) is -4.25. The molecule has 0 unspecified atom stereocenters. The Kier molecular flexibility index (Phi) is 5.42. The summed E-state index contributed by atoms with van der Waals surface area (Å²) in [6.45, 7) is 7.18. The molecule has 0 bridgehead atoms. The van der Waals surface area contributed by atoms with Gasteiger partial charge in [-0.1, -0.05) is 12.1 Å². The average molecular weight is 344 g/mol. The van der Waals surface area contributed by atoms with Gasteiger partial charge in [0, 0.05) is 19.6 Å². The van der Waals surface area contributed by atoms with E-state index in [2.05, 4.69) is 5.32 Å². The van der Waals surface area contributed by atoms with Crippen molar-refractivity contribution in [3.05, 3.63) is 35.4 Å². The Morgan fingerprint density at radius 3 is 2.42 bits per heavy atom. The van der Waals surface area contributed by atoms with Crippen molar-refractivity contribution in [1.29, 1.82) is 0 Å². The summed E-state index contributed by atoms with van der Waals surface area (Å²) in [5, 5.41) is 3.21. The number of nitrogens with one attached hydrogen (secondary N) is 1. The molecule has 134 valence electrons. The van der Waals surface area contributed by atoms with Crippen LogP contribution in [0.2, 0.25) is 0 Å². The van der Waals surface area contributed by atoms with Crippen LogP contribution in [0.15, 0.2) is 24.3 Å². The molecule has 0 aliphatic carbocycles.